The van der Waals surface area contributed by atoms with Crippen molar-refractivity contribution in [3.8, 4) is 0 Å². The van der Waals surface area contributed by atoms with Gasteiger partial charge in [-0.15, -0.1) is 0 Å². The normalized spacial score (nSPS) is 36.1. The van der Waals surface area contributed by atoms with Crippen LogP contribution in [0, 0.1) is 29.6 Å². The number of nitrogens with one attached hydrogen (secondary N) is 1. The summed E-state index contributed by atoms with van der Waals surface area (Å²) in [6.07, 6.45) is 21.3. The Balaban J connectivity index is 0.817. The number of amides is 3. The van der Waals surface area contributed by atoms with Crippen LogP contribution in [0.2, 0.25) is 0 Å². The molecule has 7 aliphatic rings. The minimum Gasteiger partial charge on any atom is -0.393 e. The Morgan fingerprint density at radius 2 is 1.50 bits per heavy atom. The number of fused-ring (bicyclic) bond motifs is 1. The van der Waals surface area contributed by atoms with E-state index in [9.17, 15) is 19.5 Å². The Morgan fingerprint density at radius 3 is 2.19 bits per heavy atom. The lowest BCUT2D eigenvalue weighted by atomic mass is 9.68. The number of allylic oxidation sites excluding steroid dienone is 2. The number of hydrogen-bond donors (Lipinski definition) is 2. The molecule has 54 heavy (non-hydrogen) atoms. The summed E-state index contributed by atoms with van der Waals surface area (Å²) < 4.78 is 13.2. The Hall–Kier alpha value is -1.85. The predicted octanol–water partition coefficient (Wildman–Crippen LogP) is 5.85. The van der Waals surface area contributed by atoms with Gasteiger partial charge >= 0.3 is 0 Å². The van der Waals surface area contributed by atoms with Crippen LogP contribution < -0.4 is 5.32 Å². The second-order valence-corrected chi connectivity index (χ2v) is 18.3. The van der Waals surface area contributed by atoms with E-state index in [0.717, 1.165) is 77.4 Å². The van der Waals surface area contributed by atoms with E-state index in [-0.39, 0.29) is 41.8 Å². The quantitative estimate of drug-likeness (QED) is 0.178. The third kappa shape index (κ3) is 9.63. The van der Waals surface area contributed by atoms with Crippen molar-refractivity contribution in [1.82, 2.24) is 20.0 Å². The maximum absolute atomic E-state index is 13.3. The maximum atomic E-state index is 13.3. The van der Waals surface area contributed by atoms with Crippen molar-refractivity contribution < 1.29 is 29.0 Å². The molecule has 5 atom stereocenters. The number of carbonyl (C=O) groups excluding carboxylic acids is 3. The van der Waals surface area contributed by atoms with Gasteiger partial charge in [0.25, 0.3) is 0 Å². The minimum absolute atomic E-state index is 0.0500. The van der Waals surface area contributed by atoms with E-state index in [2.05, 4.69) is 29.0 Å². The van der Waals surface area contributed by atoms with E-state index in [1.807, 2.05) is 11.1 Å². The molecule has 0 aromatic carbocycles. The average Bonchev–Trinajstić information content (AvgIpc) is 3.53. The molecule has 3 aliphatic heterocycles. The van der Waals surface area contributed by atoms with Crippen molar-refractivity contribution in [2.75, 3.05) is 52.5 Å². The number of aliphatic hydroxyl groups excluding tert-OH is 1. The highest BCUT2D eigenvalue weighted by molar-refractivity contribution is 6.02. The number of imide groups is 1. The summed E-state index contributed by atoms with van der Waals surface area (Å²) in [5, 5.41) is 12.7. The van der Waals surface area contributed by atoms with Gasteiger partial charge in [-0.3, -0.25) is 29.5 Å². The van der Waals surface area contributed by atoms with E-state index >= 15 is 0 Å². The summed E-state index contributed by atoms with van der Waals surface area (Å²) in [6.45, 7) is 11.8. The smallest absolute Gasteiger partial charge is 0.249 e. The number of carbonyl (C=O) groups is 3. The predicted molar refractivity (Wildman–Crippen MR) is 209 cm³/mol. The van der Waals surface area contributed by atoms with Crippen molar-refractivity contribution in [1.29, 1.82) is 0 Å². The molecule has 4 aliphatic carbocycles. The van der Waals surface area contributed by atoms with Crippen LogP contribution in [0.25, 0.3) is 0 Å². The number of piperazine rings is 1. The lowest BCUT2D eigenvalue weighted by molar-refractivity contribution is -0.144. The monoisotopic (exact) mass is 753 g/mol. The molecule has 3 heterocycles. The van der Waals surface area contributed by atoms with E-state index in [4.69, 9.17) is 9.47 Å². The fourth-order valence-electron chi connectivity index (χ4n) is 11.9. The van der Waals surface area contributed by atoms with Gasteiger partial charge in [-0.25, -0.2) is 0 Å². The van der Waals surface area contributed by atoms with Gasteiger partial charge in [0.05, 0.1) is 31.5 Å². The van der Waals surface area contributed by atoms with Gasteiger partial charge in [0.2, 0.25) is 17.7 Å². The van der Waals surface area contributed by atoms with Gasteiger partial charge in [0.15, 0.2) is 0 Å². The fraction of sp³-hybridized carbons (Fsp3) is 0.886. The molecule has 2 N–H and O–H groups in total. The molecule has 0 aromatic heterocycles. The molecular weight excluding hydrogens is 681 g/mol. The van der Waals surface area contributed by atoms with Crippen molar-refractivity contribution in [2.45, 2.75) is 166 Å². The highest BCUT2D eigenvalue weighted by Gasteiger charge is 2.50. The van der Waals surface area contributed by atoms with E-state index < -0.39 is 6.04 Å². The molecule has 10 nitrogen and oxygen atoms in total. The van der Waals surface area contributed by atoms with Gasteiger partial charge in [-0.05, 0) is 115 Å². The average molecular weight is 753 g/mol. The van der Waals surface area contributed by atoms with Crippen molar-refractivity contribution in [2.24, 2.45) is 29.6 Å². The van der Waals surface area contributed by atoms with Gasteiger partial charge in [-0.2, -0.15) is 0 Å². The molecular formula is C44H72N4O6. The molecule has 0 bridgehead atoms. The van der Waals surface area contributed by atoms with Crippen LogP contribution in [-0.4, -0.2) is 120 Å². The number of rotatable bonds is 13. The molecule has 4 saturated carbocycles. The Kier molecular flexibility index (Phi) is 14.2. The molecule has 0 aromatic rings. The number of nitrogens with zero attached hydrogens (tertiary/aromatic N) is 3. The van der Waals surface area contributed by atoms with E-state index in [0.29, 0.717) is 50.0 Å². The number of hydrogen-bond acceptors (Lipinski definition) is 8. The molecule has 10 heteroatoms. The minimum atomic E-state index is -0.524. The SMILES string of the molecule is CC/C(=C(\C1CCC(O)CC1)C1CCC(OCC(C)N2CCN(CCOC3CCCC4C(=O)N(C5CCC(=O)NC5=O)CC34)CC2)CC1)C1CCCCC1. The largest absolute Gasteiger partial charge is 0.393 e. The molecule has 0 spiro atoms. The highest BCUT2D eigenvalue weighted by atomic mass is 16.5. The zero-order valence-corrected chi connectivity index (χ0v) is 33.7. The molecule has 3 saturated heterocycles. The van der Waals surface area contributed by atoms with Crippen LogP contribution in [0.15, 0.2) is 11.1 Å². The van der Waals surface area contributed by atoms with Crippen LogP contribution in [0.3, 0.4) is 0 Å². The van der Waals surface area contributed by atoms with Crippen LogP contribution in [0.5, 0.6) is 0 Å². The third-order valence-electron chi connectivity index (χ3n) is 15.0. The molecule has 3 amide bonds. The highest BCUT2D eigenvalue weighted by Crippen LogP contribution is 2.46. The van der Waals surface area contributed by atoms with E-state index in [1.165, 1.54) is 77.0 Å². The Morgan fingerprint density at radius 1 is 0.796 bits per heavy atom. The van der Waals surface area contributed by atoms with Crippen LogP contribution >= 0.6 is 0 Å². The molecule has 7 fully saturated rings. The zero-order valence-electron chi connectivity index (χ0n) is 33.7. The van der Waals surface area contributed by atoms with Gasteiger partial charge in [0.1, 0.15) is 6.04 Å². The first kappa shape index (κ1) is 40.4. The molecule has 0 radical (unpaired) electrons. The van der Waals surface area contributed by atoms with Crippen molar-refractivity contribution in [3.05, 3.63) is 11.1 Å². The summed E-state index contributed by atoms with van der Waals surface area (Å²) in [5.41, 5.74) is 3.67. The molecule has 7 rings (SSSR count). The molecule has 304 valence electrons. The van der Waals surface area contributed by atoms with Crippen LogP contribution in [0.4, 0.5) is 0 Å². The van der Waals surface area contributed by atoms with Gasteiger partial charge < -0.3 is 19.5 Å². The maximum Gasteiger partial charge on any atom is 0.249 e. The number of aliphatic hydroxyl groups is 1. The lowest BCUT2D eigenvalue weighted by Gasteiger charge is -2.40. The summed E-state index contributed by atoms with van der Waals surface area (Å²) in [7, 11) is 0. The first-order chi connectivity index (χ1) is 26.3. The van der Waals surface area contributed by atoms with Gasteiger partial charge in [-0.1, -0.05) is 43.8 Å². The van der Waals surface area contributed by atoms with E-state index in [1.54, 1.807) is 4.90 Å². The summed E-state index contributed by atoms with van der Waals surface area (Å²) >= 11 is 0. The van der Waals surface area contributed by atoms with Crippen LogP contribution in [0.1, 0.15) is 136 Å². The number of piperidine rings is 1. The second-order valence-electron chi connectivity index (χ2n) is 18.3. The van der Waals surface area contributed by atoms with Crippen molar-refractivity contribution >= 4 is 17.7 Å². The standard InChI is InChI=1S/C44H72N4O6/c1-3-36(31-8-5-4-6-9-31)42(32-12-16-34(49)17-13-32)33-14-18-35(19-15-33)54-29-30(2)47-24-22-46(23-25-47)26-27-53-40-11-7-10-37-38(40)28-48(44(37)52)39-20-21-41(50)45-43(39)51/h30-35,37-40,49H,3-29H2,1-2H3,(H,45,50,51)/b42-36-. The summed E-state index contributed by atoms with van der Waals surface area (Å²) in [5.74, 6) is 1.77. The van der Waals surface area contributed by atoms with Gasteiger partial charge in [0, 0.05) is 63.6 Å². The second kappa shape index (κ2) is 19.1. The third-order valence-corrected chi connectivity index (χ3v) is 15.0. The lowest BCUT2D eigenvalue weighted by Crippen LogP contribution is -2.53. The number of likely N-dealkylation sites (tertiary alicyclic amines) is 1. The topological polar surface area (TPSA) is 112 Å². The number of ether oxygens (including phenoxy) is 2. The van der Waals surface area contributed by atoms with Crippen molar-refractivity contribution in [3.63, 3.8) is 0 Å². The Bertz CT molecular complexity index is 1290. The summed E-state index contributed by atoms with van der Waals surface area (Å²) in [4.78, 5) is 44.3. The fourth-order valence-corrected chi connectivity index (χ4v) is 11.9. The van der Waals surface area contributed by atoms with Crippen LogP contribution in [-0.2, 0) is 23.9 Å². The first-order valence-electron chi connectivity index (χ1n) is 22.5. The Labute approximate surface area is 325 Å². The summed E-state index contributed by atoms with van der Waals surface area (Å²) in [6, 6.07) is -0.112. The first-order valence-corrected chi connectivity index (χ1v) is 22.5. The molecule has 5 unspecified atom stereocenters. The zero-order chi connectivity index (χ0) is 37.6.